The number of carboxylic acids is 1. The van der Waals surface area contributed by atoms with E-state index in [-0.39, 0.29) is 33.5 Å². The van der Waals surface area contributed by atoms with Crippen LogP contribution in [-0.4, -0.2) is 41.1 Å². The zero-order chi connectivity index (χ0) is 30.7. The normalized spacial score (nSPS) is 14.7. The first kappa shape index (κ1) is 30.6. The van der Waals surface area contributed by atoms with E-state index in [1.54, 1.807) is 24.8 Å². The van der Waals surface area contributed by atoms with Crippen LogP contribution in [0.15, 0.2) is 87.0 Å². The molecule has 0 radical (unpaired) electrons. The molecule has 8 nitrogen and oxygen atoms in total. The van der Waals surface area contributed by atoms with Crippen LogP contribution >= 0.6 is 46.3 Å². The standard InChI is InChI=1S/C31H24Cl2N2O6S2/c1-3-40-30(39)25-26(18-7-5-4-6-8-18)34-31-35(27(25)19-9-11-20(42-2)12-10-19)29(38)23(43-31)15-17-13-21(32)28(22(33)14-17)41-16-24(36)37/h4-15,27H,3,16H2,1-2H3,(H,36,37)/b23-15-/t27-/m1/s1. The fraction of sp³-hybridized carbons (Fsp3) is 0.161. The van der Waals surface area contributed by atoms with Crippen LogP contribution in [0, 0.1) is 0 Å². The smallest absolute Gasteiger partial charge is 0.341 e. The number of aliphatic carboxylic acids is 1. The third-order valence-electron chi connectivity index (χ3n) is 6.46. The highest BCUT2D eigenvalue weighted by molar-refractivity contribution is 7.98. The largest absolute Gasteiger partial charge is 0.479 e. The number of benzene rings is 3. The van der Waals surface area contributed by atoms with Gasteiger partial charge in [-0.25, -0.2) is 14.6 Å². The van der Waals surface area contributed by atoms with Crippen molar-refractivity contribution in [1.29, 1.82) is 0 Å². The maximum Gasteiger partial charge on any atom is 0.341 e. The Hall–Kier alpha value is -3.83. The molecule has 4 aromatic rings. The molecular formula is C31H24Cl2N2O6S2. The summed E-state index contributed by atoms with van der Waals surface area (Å²) in [5.74, 6) is -1.70. The van der Waals surface area contributed by atoms with Crippen LogP contribution in [0.4, 0.5) is 0 Å². The predicted molar refractivity (Wildman–Crippen MR) is 169 cm³/mol. The molecule has 220 valence electrons. The minimum Gasteiger partial charge on any atom is -0.479 e. The van der Waals surface area contributed by atoms with Crippen molar-refractivity contribution in [1.82, 2.24) is 4.57 Å². The predicted octanol–water partition coefficient (Wildman–Crippen LogP) is 5.43. The van der Waals surface area contributed by atoms with Gasteiger partial charge in [0.05, 0.1) is 38.5 Å². The van der Waals surface area contributed by atoms with Crippen LogP contribution in [0.1, 0.15) is 29.7 Å². The van der Waals surface area contributed by atoms with Gasteiger partial charge in [-0.15, -0.1) is 11.8 Å². The first-order valence-electron chi connectivity index (χ1n) is 13.0. The molecule has 0 fully saturated rings. The molecule has 0 saturated heterocycles. The Kier molecular flexibility index (Phi) is 9.41. The van der Waals surface area contributed by atoms with Crippen LogP contribution in [0.5, 0.6) is 5.75 Å². The van der Waals surface area contributed by atoms with Gasteiger partial charge in [-0.1, -0.05) is 77.0 Å². The molecule has 1 aliphatic rings. The molecule has 0 amide bonds. The average Bonchev–Trinajstić information content (AvgIpc) is 3.30. The van der Waals surface area contributed by atoms with Crippen LogP contribution in [0.25, 0.3) is 11.8 Å². The molecule has 5 rings (SSSR count). The first-order chi connectivity index (χ1) is 20.7. The molecule has 0 unspecified atom stereocenters. The zero-order valence-electron chi connectivity index (χ0n) is 22.9. The van der Waals surface area contributed by atoms with Crippen molar-refractivity contribution in [3.05, 3.63) is 119 Å². The molecule has 0 bridgehead atoms. The number of rotatable bonds is 9. The van der Waals surface area contributed by atoms with Gasteiger partial charge in [0.15, 0.2) is 17.2 Å². The summed E-state index contributed by atoms with van der Waals surface area (Å²) < 4.78 is 12.5. The summed E-state index contributed by atoms with van der Waals surface area (Å²) in [6, 6.07) is 19.2. The van der Waals surface area contributed by atoms with Crippen molar-refractivity contribution >= 4 is 70.0 Å². The van der Waals surface area contributed by atoms with Crippen LogP contribution in [-0.2, 0) is 14.3 Å². The summed E-state index contributed by atoms with van der Waals surface area (Å²) in [4.78, 5) is 44.8. The summed E-state index contributed by atoms with van der Waals surface area (Å²) in [6.45, 7) is 1.27. The maximum absolute atomic E-state index is 14.1. The molecule has 1 aromatic heterocycles. The Bertz CT molecular complexity index is 1900. The topological polar surface area (TPSA) is 107 Å². The fourth-order valence-electron chi connectivity index (χ4n) is 4.63. The quantitative estimate of drug-likeness (QED) is 0.189. The van der Waals surface area contributed by atoms with Gasteiger partial charge in [0, 0.05) is 10.5 Å². The highest BCUT2D eigenvalue weighted by Crippen LogP contribution is 2.36. The van der Waals surface area contributed by atoms with Crippen molar-refractivity contribution in [3.63, 3.8) is 0 Å². The number of hydrogen-bond acceptors (Lipinski definition) is 8. The monoisotopic (exact) mass is 654 g/mol. The van der Waals surface area contributed by atoms with Gasteiger partial charge in [0.1, 0.15) is 0 Å². The number of carbonyl (C=O) groups is 2. The first-order valence-corrected chi connectivity index (χ1v) is 15.8. The summed E-state index contributed by atoms with van der Waals surface area (Å²) in [5.41, 5.74) is 2.26. The molecule has 3 aromatic carbocycles. The lowest BCUT2D eigenvalue weighted by Crippen LogP contribution is -2.40. The molecule has 0 saturated carbocycles. The summed E-state index contributed by atoms with van der Waals surface area (Å²) in [7, 11) is 0. The Morgan fingerprint density at radius 2 is 1.77 bits per heavy atom. The molecule has 1 aliphatic heterocycles. The molecule has 1 atom stereocenters. The van der Waals surface area contributed by atoms with Crippen molar-refractivity contribution in [2.24, 2.45) is 4.99 Å². The fourth-order valence-corrected chi connectivity index (χ4v) is 6.65. The van der Waals surface area contributed by atoms with E-state index in [0.29, 0.717) is 26.2 Å². The number of carbonyl (C=O) groups excluding carboxylic acids is 1. The summed E-state index contributed by atoms with van der Waals surface area (Å²) in [5, 5.41) is 9.11. The highest BCUT2D eigenvalue weighted by atomic mass is 35.5. The Labute approximate surface area is 264 Å². The number of halogens is 2. The van der Waals surface area contributed by atoms with E-state index in [1.165, 1.54) is 16.7 Å². The second-order valence-electron chi connectivity index (χ2n) is 9.20. The van der Waals surface area contributed by atoms with E-state index in [2.05, 4.69) is 0 Å². The van der Waals surface area contributed by atoms with Gasteiger partial charge in [0.2, 0.25) is 0 Å². The van der Waals surface area contributed by atoms with E-state index >= 15 is 0 Å². The van der Waals surface area contributed by atoms with Crippen molar-refractivity contribution in [2.75, 3.05) is 19.5 Å². The van der Waals surface area contributed by atoms with Crippen molar-refractivity contribution in [3.8, 4) is 5.75 Å². The molecule has 2 heterocycles. The number of hydrogen-bond donors (Lipinski definition) is 1. The van der Waals surface area contributed by atoms with E-state index in [4.69, 9.17) is 42.8 Å². The van der Waals surface area contributed by atoms with Crippen LogP contribution in [0.2, 0.25) is 10.0 Å². The maximum atomic E-state index is 14.1. The Morgan fingerprint density at radius 3 is 2.37 bits per heavy atom. The van der Waals surface area contributed by atoms with Gasteiger partial charge in [-0.2, -0.15) is 0 Å². The van der Waals surface area contributed by atoms with Crippen molar-refractivity contribution in [2.45, 2.75) is 17.9 Å². The van der Waals surface area contributed by atoms with E-state index in [0.717, 1.165) is 21.8 Å². The summed E-state index contributed by atoms with van der Waals surface area (Å²) >= 11 is 15.4. The zero-order valence-corrected chi connectivity index (χ0v) is 26.0. The number of nitrogens with zero attached hydrogens (tertiary/aromatic N) is 2. The second kappa shape index (κ2) is 13.2. The lowest BCUT2D eigenvalue weighted by molar-refractivity contribution is -0.140. The van der Waals surface area contributed by atoms with Gasteiger partial charge < -0.3 is 14.6 Å². The minimum absolute atomic E-state index is 0.0321. The SMILES string of the molecule is CCOC(=O)C1=C(c2ccccc2)N=c2s/c(=C\c3cc(Cl)c(OCC(=O)O)c(Cl)c3)c(=O)n2[C@@H]1c1ccc(SC)cc1. The lowest BCUT2D eigenvalue weighted by Gasteiger charge is -2.26. The Morgan fingerprint density at radius 1 is 1.09 bits per heavy atom. The summed E-state index contributed by atoms with van der Waals surface area (Å²) in [6.07, 6.45) is 3.59. The van der Waals surface area contributed by atoms with E-state index in [9.17, 15) is 14.4 Å². The average molecular weight is 656 g/mol. The number of thiazole rings is 1. The number of carboxylic acid groups (broad SMARTS) is 1. The number of ether oxygens (including phenoxy) is 2. The lowest BCUT2D eigenvalue weighted by atomic mass is 9.93. The number of thioether (sulfide) groups is 1. The highest BCUT2D eigenvalue weighted by Gasteiger charge is 2.35. The molecular weight excluding hydrogens is 631 g/mol. The number of esters is 1. The number of aromatic nitrogens is 1. The van der Waals surface area contributed by atoms with Crippen molar-refractivity contribution < 1.29 is 24.2 Å². The third-order valence-corrected chi connectivity index (χ3v) is 8.75. The van der Waals surface area contributed by atoms with E-state index < -0.39 is 24.6 Å². The van der Waals surface area contributed by atoms with Crippen LogP contribution < -0.4 is 19.6 Å². The Balaban J connectivity index is 1.74. The molecule has 12 heteroatoms. The minimum atomic E-state index is -1.17. The van der Waals surface area contributed by atoms with Gasteiger partial charge in [0.25, 0.3) is 5.56 Å². The van der Waals surface area contributed by atoms with Gasteiger partial charge in [-0.3, -0.25) is 9.36 Å². The van der Waals surface area contributed by atoms with Gasteiger partial charge in [-0.05, 0) is 54.6 Å². The third kappa shape index (κ3) is 6.42. The molecule has 43 heavy (non-hydrogen) atoms. The van der Waals surface area contributed by atoms with Crippen LogP contribution in [0.3, 0.4) is 0 Å². The van der Waals surface area contributed by atoms with E-state index in [1.807, 2.05) is 60.9 Å². The molecule has 1 N–H and O–H groups in total. The van der Waals surface area contributed by atoms with Gasteiger partial charge >= 0.3 is 11.9 Å². The molecule has 0 spiro atoms. The second-order valence-corrected chi connectivity index (χ2v) is 11.9. The number of fused-ring (bicyclic) bond motifs is 1. The molecule has 0 aliphatic carbocycles.